The Morgan fingerprint density at radius 2 is 1.50 bits per heavy atom. The maximum atomic E-state index is 12.6. The van der Waals surface area contributed by atoms with E-state index >= 15 is 0 Å². The molecule has 1 saturated heterocycles. The molecule has 2 aromatic rings. The molecule has 0 N–H and O–H groups in total. The van der Waals surface area contributed by atoms with Crippen LogP contribution in [0.1, 0.15) is 36.5 Å². The van der Waals surface area contributed by atoms with Crippen molar-refractivity contribution in [2.75, 3.05) is 13.1 Å². The van der Waals surface area contributed by atoms with Crippen LogP contribution in [-0.4, -0.2) is 29.7 Å². The molecule has 3 heteroatoms. The van der Waals surface area contributed by atoms with Crippen molar-refractivity contribution in [1.82, 2.24) is 4.90 Å². The van der Waals surface area contributed by atoms with E-state index in [2.05, 4.69) is 12.1 Å². The van der Waals surface area contributed by atoms with Gasteiger partial charge < -0.3 is 4.90 Å². The van der Waals surface area contributed by atoms with Gasteiger partial charge in [0, 0.05) is 31.0 Å². The molecule has 2 aromatic carbocycles. The van der Waals surface area contributed by atoms with Gasteiger partial charge in [0.15, 0.2) is 0 Å². The Morgan fingerprint density at radius 3 is 2.08 bits per heavy atom. The van der Waals surface area contributed by atoms with Crippen molar-refractivity contribution in [2.45, 2.75) is 26.2 Å². The summed E-state index contributed by atoms with van der Waals surface area (Å²) >= 11 is 0. The Hall–Kier alpha value is -2.42. The molecule has 3 nitrogen and oxygen atoms in total. The molecule has 0 atom stereocenters. The van der Waals surface area contributed by atoms with Crippen molar-refractivity contribution in [3.8, 4) is 11.1 Å². The number of likely N-dealkylation sites (tertiary alicyclic amines) is 1. The number of Topliss-reactive ketones (excluding diaryl/α,β-unsaturated/α-hetero) is 1. The van der Waals surface area contributed by atoms with Crippen LogP contribution in [0.3, 0.4) is 0 Å². The summed E-state index contributed by atoms with van der Waals surface area (Å²) in [7, 11) is 0. The van der Waals surface area contributed by atoms with Gasteiger partial charge in [-0.3, -0.25) is 9.59 Å². The maximum absolute atomic E-state index is 12.6. The van der Waals surface area contributed by atoms with Crippen molar-refractivity contribution in [3.05, 3.63) is 60.2 Å². The molecule has 1 aliphatic heterocycles. The molecule has 1 amide bonds. The average Bonchev–Trinajstić information content (AvgIpc) is 2.68. The Balaban J connectivity index is 1.65. The zero-order chi connectivity index (χ0) is 16.9. The summed E-state index contributed by atoms with van der Waals surface area (Å²) < 4.78 is 0. The first-order chi connectivity index (χ1) is 11.7. The first-order valence-corrected chi connectivity index (χ1v) is 8.66. The van der Waals surface area contributed by atoms with E-state index in [0.29, 0.717) is 25.3 Å². The third kappa shape index (κ3) is 3.56. The lowest BCUT2D eigenvalue weighted by atomic mass is 9.91. The Morgan fingerprint density at radius 1 is 0.917 bits per heavy atom. The molecule has 3 rings (SSSR count). The largest absolute Gasteiger partial charge is 0.339 e. The minimum Gasteiger partial charge on any atom is -0.339 e. The number of benzene rings is 2. The van der Waals surface area contributed by atoms with Gasteiger partial charge in [-0.05, 0) is 36.1 Å². The van der Waals surface area contributed by atoms with Gasteiger partial charge in [0.05, 0.1) is 0 Å². The summed E-state index contributed by atoms with van der Waals surface area (Å²) in [6.07, 6.45) is 2.18. The molecule has 0 bridgehead atoms. The zero-order valence-electron chi connectivity index (χ0n) is 14.1. The normalized spacial score (nSPS) is 15.3. The molecule has 0 spiro atoms. The van der Waals surface area contributed by atoms with Gasteiger partial charge >= 0.3 is 0 Å². The van der Waals surface area contributed by atoms with Crippen molar-refractivity contribution in [3.63, 3.8) is 0 Å². The SMILES string of the molecule is CCC(=O)C1CCN(C(=O)c2ccc(-c3ccccc3)cc2)CC1. The fourth-order valence-corrected chi connectivity index (χ4v) is 3.31. The summed E-state index contributed by atoms with van der Waals surface area (Å²) in [5.41, 5.74) is 2.98. The van der Waals surface area contributed by atoms with Crippen molar-refractivity contribution >= 4 is 11.7 Å². The van der Waals surface area contributed by atoms with Crippen LogP contribution in [0.25, 0.3) is 11.1 Å². The molecular weight excluding hydrogens is 298 g/mol. The lowest BCUT2D eigenvalue weighted by Gasteiger charge is -2.31. The molecule has 0 aliphatic carbocycles. The Bertz CT molecular complexity index is 698. The lowest BCUT2D eigenvalue weighted by Crippen LogP contribution is -2.40. The van der Waals surface area contributed by atoms with E-state index in [1.54, 1.807) is 0 Å². The quantitative estimate of drug-likeness (QED) is 0.847. The number of hydrogen-bond donors (Lipinski definition) is 0. The topological polar surface area (TPSA) is 37.4 Å². The third-order valence-corrected chi connectivity index (χ3v) is 4.82. The predicted octanol–water partition coefficient (Wildman–Crippen LogP) is 4.18. The van der Waals surface area contributed by atoms with E-state index in [1.807, 2.05) is 54.3 Å². The summed E-state index contributed by atoms with van der Waals surface area (Å²) in [5.74, 6) is 0.533. The van der Waals surface area contributed by atoms with E-state index < -0.39 is 0 Å². The van der Waals surface area contributed by atoms with E-state index in [9.17, 15) is 9.59 Å². The van der Waals surface area contributed by atoms with Crippen LogP contribution >= 0.6 is 0 Å². The molecule has 1 aliphatic rings. The molecule has 0 unspecified atom stereocenters. The number of ketones is 1. The molecule has 0 saturated carbocycles. The molecule has 124 valence electrons. The highest BCUT2D eigenvalue weighted by Crippen LogP contribution is 2.23. The van der Waals surface area contributed by atoms with Gasteiger partial charge in [-0.15, -0.1) is 0 Å². The van der Waals surface area contributed by atoms with Crippen LogP contribution < -0.4 is 0 Å². The summed E-state index contributed by atoms with van der Waals surface area (Å²) in [5, 5.41) is 0. The van der Waals surface area contributed by atoms with Crippen molar-refractivity contribution < 1.29 is 9.59 Å². The van der Waals surface area contributed by atoms with Gasteiger partial charge in [0.1, 0.15) is 5.78 Å². The maximum Gasteiger partial charge on any atom is 0.253 e. The Labute approximate surface area is 143 Å². The first kappa shape index (κ1) is 16.4. The number of hydrogen-bond acceptors (Lipinski definition) is 2. The number of rotatable bonds is 4. The third-order valence-electron chi connectivity index (χ3n) is 4.82. The van der Waals surface area contributed by atoms with Crippen LogP contribution in [0.2, 0.25) is 0 Å². The van der Waals surface area contributed by atoms with Crippen LogP contribution in [-0.2, 0) is 4.79 Å². The lowest BCUT2D eigenvalue weighted by molar-refractivity contribution is -0.123. The number of carbonyl (C=O) groups is 2. The van der Waals surface area contributed by atoms with Gasteiger partial charge in [-0.25, -0.2) is 0 Å². The highest BCUT2D eigenvalue weighted by molar-refractivity contribution is 5.95. The standard InChI is InChI=1S/C21H23NO2/c1-2-20(23)18-12-14-22(15-13-18)21(24)19-10-8-17(9-11-19)16-6-4-3-5-7-16/h3-11,18H,2,12-15H2,1H3. The monoisotopic (exact) mass is 321 g/mol. The van der Waals surface area contributed by atoms with E-state index in [-0.39, 0.29) is 11.8 Å². The second-order valence-electron chi connectivity index (χ2n) is 6.33. The zero-order valence-corrected chi connectivity index (χ0v) is 14.1. The van der Waals surface area contributed by atoms with Crippen LogP contribution in [0.15, 0.2) is 54.6 Å². The van der Waals surface area contributed by atoms with E-state index in [4.69, 9.17) is 0 Å². The minimum absolute atomic E-state index is 0.0667. The second kappa shape index (κ2) is 7.43. The number of amides is 1. The fraction of sp³-hybridized carbons (Fsp3) is 0.333. The highest BCUT2D eigenvalue weighted by atomic mass is 16.2. The van der Waals surface area contributed by atoms with E-state index in [0.717, 1.165) is 29.5 Å². The van der Waals surface area contributed by atoms with Gasteiger partial charge in [0.25, 0.3) is 5.91 Å². The Kier molecular flexibility index (Phi) is 5.09. The average molecular weight is 321 g/mol. The van der Waals surface area contributed by atoms with Crippen LogP contribution in [0.4, 0.5) is 0 Å². The smallest absolute Gasteiger partial charge is 0.253 e. The summed E-state index contributed by atoms with van der Waals surface area (Å²) in [6, 6.07) is 17.9. The summed E-state index contributed by atoms with van der Waals surface area (Å²) in [4.78, 5) is 26.3. The number of nitrogens with zero attached hydrogens (tertiary/aromatic N) is 1. The molecule has 0 aromatic heterocycles. The fourth-order valence-electron chi connectivity index (χ4n) is 3.31. The molecule has 1 heterocycles. The van der Waals surface area contributed by atoms with Gasteiger partial charge in [-0.2, -0.15) is 0 Å². The minimum atomic E-state index is 0.0667. The number of carbonyl (C=O) groups excluding carboxylic acids is 2. The first-order valence-electron chi connectivity index (χ1n) is 8.66. The van der Waals surface area contributed by atoms with Gasteiger partial charge in [0.2, 0.25) is 0 Å². The molecule has 1 fully saturated rings. The molecular formula is C21H23NO2. The highest BCUT2D eigenvalue weighted by Gasteiger charge is 2.26. The van der Waals surface area contributed by atoms with Crippen molar-refractivity contribution in [2.24, 2.45) is 5.92 Å². The summed E-state index contributed by atoms with van der Waals surface area (Å²) in [6.45, 7) is 3.26. The second-order valence-corrected chi connectivity index (χ2v) is 6.33. The number of piperidine rings is 1. The van der Waals surface area contributed by atoms with Crippen LogP contribution in [0, 0.1) is 5.92 Å². The molecule has 24 heavy (non-hydrogen) atoms. The predicted molar refractivity (Wildman–Crippen MR) is 95.8 cm³/mol. The van der Waals surface area contributed by atoms with Crippen molar-refractivity contribution in [1.29, 1.82) is 0 Å². The van der Waals surface area contributed by atoms with Crippen LogP contribution in [0.5, 0.6) is 0 Å². The molecule has 0 radical (unpaired) electrons. The van der Waals surface area contributed by atoms with Gasteiger partial charge in [-0.1, -0.05) is 49.4 Å². The van der Waals surface area contributed by atoms with E-state index in [1.165, 1.54) is 0 Å².